The van der Waals surface area contributed by atoms with Gasteiger partial charge >= 0.3 is 5.97 Å². The third-order valence-electron chi connectivity index (χ3n) is 2.47. The zero-order chi connectivity index (χ0) is 13.3. The van der Waals surface area contributed by atoms with Gasteiger partial charge in [-0.25, -0.2) is 0 Å². The van der Waals surface area contributed by atoms with Crippen LogP contribution in [-0.4, -0.2) is 16.4 Å². The predicted octanol–water partition coefficient (Wildman–Crippen LogP) is 1.59. The molecule has 2 rings (SSSR count). The second-order valence-electron chi connectivity index (χ2n) is 3.84. The molecule has 0 aliphatic heterocycles. The number of carbonyl (C=O) groups excluding carboxylic acids is 2. The lowest BCUT2D eigenvalue weighted by atomic mass is 10.2. The van der Waals surface area contributed by atoms with Gasteiger partial charge in [0.1, 0.15) is 5.75 Å². The molecule has 0 aliphatic carbocycles. The fraction of sp³-hybridized carbons (Fsp3) is 0.154. The number of aromatic nitrogens is 1. The van der Waals surface area contributed by atoms with E-state index in [2.05, 4.69) is 0 Å². The summed E-state index contributed by atoms with van der Waals surface area (Å²) in [4.78, 5) is 34.0. The molecule has 0 fully saturated rings. The fourth-order valence-corrected chi connectivity index (χ4v) is 1.74. The van der Waals surface area contributed by atoms with Crippen molar-refractivity contribution < 1.29 is 14.3 Å². The van der Waals surface area contributed by atoms with E-state index in [4.69, 9.17) is 4.74 Å². The third-order valence-corrected chi connectivity index (χ3v) is 2.47. The lowest BCUT2D eigenvalue weighted by molar-refractivity contribution is -0.131. The summed E-state index contributed by atoms with van der Waals surface area (Å²) in [7, 11) is 0. The lowest BCUT2D eigenvalue weighted by Gasteiger charge is -2.08. The number of fused-ring (bicyclic) bond motifs is 1. The zero-order valence-corrected chi connectivity index (χ0v) is 9.97. The van der Waals surface area contributed by atoms with Gasteiger partial charge < -0.3 is 4.74 Å². The Labute approximate surface area is 103 Å². The molecule has 0 bridgehead atoms. The molecule has 1 aromatic carbocycles. The van der Waals surface area contributed by atoms with Crippen molar-refractivity contribution in [3.63, 3.8) is 0 Å². The average molecular weight is 245 g/mol. The summed E-state index contributed by atoms with van der Waals surface area (Å²) in [6.07, 6.45) is 1.43. The molecule has 0 saturated heterocycles. The Morgan fingerprint density at radius 1 is 1.17 bits per heavy atom. The molecule has 18 heavy (non-hydrogen) atoms. The van der Waals surface area contributed by atoms with E-state index in [1.165, 1.54) is 36.7 Å². The number of rotatable bonds is 1. The number of nitrogens with zero attached hydrogens (tertiary/aromatic N) is 1. The second kappa shape index (κ2) is 4.44. The van der Waals surface area contributed by atoms with Gasteiger partial charge in [0.15, 0.2) is 5.43 Å². The third kappa shape index (κ3) is 2.15. The van der Waals surface area contributed by atoms with Crippen molar-refractivity contribution in [3.05, 3.63) is 40.7 Å². The minimum absolute atomic E-state index is 0.194. The number of carbonyl (C=O) groups is 2. The minimum Gasteiger partial charge on any atom is -0.427 e. The number of hydrogen-bond acceptors (Lipinski definition) is 4. The van der Waals surface area contributed by atoms with Crippen molar-refractivity contribution in [2.24, 2.45) is 0 Å². The molecule has 0 N–H and O–H groups in total. The standard InChI is InChI=1S/C13H11NO4/c1-8(15)14-6-5-13(17)11-7-10(18-9(2)16)3-4-12(11)14/h3-7H,1-2H3. The van der Waals surface area contributed by atoms with Crippen molar-refractivity contribution in [2.75, 3.05) is 0 Å². The molecule has 0 amide bonds. The summed E-state index contributed by atoms with van der Waals surface area (Å²) in [5.41, 5.74) is 0.266. The van der Waals surface area contributed by atoms with Gasteiger partial charge in [-0.2, -0.15) is 0 Å². The Balaban J connectivity index is 2.70. The highest BCUT2D eigenvalue weighted by molar-refractivity contribution is 5.90. The molecule has 0 radical (unpaired) electrons. The normalized spacial score (nSPS) is 10.3. The van der Waals surface area contributed by atoms with Crippen LogP contribution in [-0.2, 0) is 4.79 Å². The van der Waals surface area contributed by atoms with Crippen LogP contribution in [0.5, 0.6) is 5.75 Å². The quantitative estimate of drug-likeness (QED) is 0.565. The number of hydrogen-bond donors (Lipinski definition) is 0. The number of benzene rings is 1. The van der Waals surface area contributed by atoms with Gasteiger partial charge in [-0.3, -0.25) is 19.0 Å². The first-order chi connectivity index (χ1) is 8.49. The van der Waals surface area contributed by atoms with E-state index in [0.29, 0.717) is 10.9 Å². The van der Waals surface area contributed by atoms with E-state index >= 15 is 0 Å². The molecule has 0 spiro atoms. The predicted molar refractivity (Wildman–Crippen MR) is 65.8 cm³/mol. The van der Waals surface area contributed by atoms with E-state index in [1.807, 2.05) is 0 Å². The molecule has 92 valence electrons. The molecule has 5 nitrogen and oxygen atoms in total. The largest absolute Gasteiger partial charge is 0.427 e. The van der Waals surface area contributed by atoms with Crippen LogP contribution < -0.4 is 10.2 Å². The molecule has 0 atom stereocenters. The van der Waals surface area contributed by atoms with Crippen molar-refractivity contribution in [3.8, 4) is 5.75 Å². The van der Waals surface area contributed by atoms with Crippen LogP contribution in [0.4, 0.5) is 0 Å². The van der Waals surface area contributed by atoms with Crippen LogP contribution in [0.15, 0.2) is 35.3 Å². The Hall–Kier alpha value is -2.43. The molecular weight excluding hydrogens is 234 g/mol. The summed E-state index contributed by atoms with van der Waals surface area (Å²) >= 11 is 0. The average Bonchev–Trinajstić information content (AvgIpc) is 2.29. The summed E-state index contributed by atoms with van der Waals surface area (Å²) in [5, 5.41) is 0.339. The Bertz CT molecular complexity index is 700. The number of esters is 1. The van der Waals surface area contributed by atoms with Crippen molar-refractivity contribution >= 4 is 22.8 Å². The monoisotopic (exact) mass is 245 g/mol. The van der Waals surface area contributed by atoms with Gasteiger partial charge in [-0.15, -0.1) is 0 Å². The van der Waals surface area contributed by atoms with Crippen LogP contribution in [0.2, 0.25) is 0 Å². The maximum Gasteiger partial charge on any atom is 0.308 e. The highest BCUT2D eigenvalue weighted by Gasteiger charge is 2.08. The van der Waals surface area contributed by atoms with E-state index in [-0.39, 0.29) is 17.1 Å². The second-order valence-corrected chi connectivity index (χ2v) is 3.84. The first-order valence-electron chi connectivity index (χ1n) is 5.34. The van der Waals surface area contributed by atoms with Crippen LogP contribution >= 0.6 is 0 Å². The van der Waals surface area contributed by atoms with Gasteiger partial charge in [0.2, 0.25) is 5.91 Å². The van der Waals surface area contributed by atoms with Crippen LogP contribution in [0.1, 0.15) is 18.6 Å². The lowest BCUT2D eigenvalue weighted by Crippen LogP contribution is -2.12. The SMILES string of the molecule is CC(=O)Oc1ccc2c(c1)c(=O)ccn2C(C)=O. The summed E-state index contributed by atoms with van der Waals surface area (Å²) in [6.45, 7) is 2.69. The van der Waals surface area contributed by atoms with E-state index in [0.717, 1.165) is 0 Å². The van der Waals surface area contributed by atoms with Crippen LogP contribution in [0, 0.1) is 0 Å². The minimum atomic E-state index is -0.461. The summed E-state index contributed by atoms with van der Waals surface area (Å²) in [5.74, 6) is -0.370. The topological polar surface area (TPSA) is 65.4 Å². The van der Waals surface area contributed by atoms with Crippen LogP contribution in [0.3, 0.4) is 0 Å². The van der Waals surface area contributed by atoms with Crippen molar-refractivity contribution in [1.29, 1.82) is 0 Å². The van der Waals surface area contributed by atoms with Gasteiger partial charge in [0.25, 0.3) is 0 Å². The van der Waals surface area contributed by atoms with Gasteiger partial charge in [-0.1, -0.05) is 0 Å². The maximum absolute atomic E-state index is 11.7. The molecule has 2 aromatic rings. The Morgan fingerprint density at radius 3 is 2.50 bits per heavy atom. The van der Waals surface area contributed by atoms with Gasteiger partial charge in [0.05, 0.1) is 5.52 Å². The highest BCUT2D eigenvalue weighted by Crippen LogP contribution is 2.18. The molecule has 1 heterocycles. The molecule has 0 saturated carbocycles. The van der Waals surface area contributed by atoms with Crippen LogP contribution in [0.25, 0.3) is 10.9 Å². The molecule has 0 unspecified atom stereocenters. The Kier molecular flexibility index (Phi) is 2.97. The highest BCUT2D eigenvalue weighted by atomic mass is 16.5. The van der Waals surface area contributed by atoms with Crippen molar-refractivity contribution in [1.82, 2.24) is 4.57 Å². The summed E-state index contributed by atoms with van der Waals surface area (Å²) in [6, 6.07) is 5.89. The summed E-state index contributed by atoms with van der Waals surface area (Å²) < 4.78 is 6.27. The number of pyridine rings is 1. The molecule has 1 aromatic heterocycles. The fourth-order valence-electron chi connectivity index (χ4n) is 1.74. The maximum atomic E-state index is 11.7. The Morgan fingerprint density at radius 2 is 1.89 bits per heavy atom. The van der Waals surface area contributed by atoms with Crippen molar-refractivity contribution in [2.45, 2.75) is 13.8 Å². The number of ether oxygens (including phenoxy) is 1. The van der Waals surface area contributed by atoms with E-state index in [9.17, 15) is 14.4 Å². The van der Waals surface area contributed by atoms with E-state index in [1.54, 1.807) is 12.1 Å². The van der Waals surface area contributed by atoms with Gasteiger partial charge in [-0.05, 0) is 18.2 Å². The first-order valence-corrected chi connectivity index (χ1v) is 5.34. The smallest absolute Gasteiger partial charge is 0.308 e. The zero-order valence-electron chi connectivity index (χ0n) is 9.97. The first kappa shape index (κ1) is 12.0. The molecular formula is C13H11NO4. The molecule has 5 heteroatoms. The van der Waals surface area contributed by atoms with Gasteiger partial charge in [0, 0.05) is 31.5 Å². The molecule has 0 aliphatic rings. The van der Waals surface area contributed by atoms with E-state index < -0.39 is 5.97 Å².